The van der Waals surface area contributed by atoms with Crippen LogP contribution in [0.15, 0.2) is 18.2 Å². The van der Waals surface area contributed by atoms with Gasteiger partial charge >= 0.3 is 0 Å². The molecule has 1 aliphatic rings. The van der Waals surface area contributed by atoms with E-state index in [-0.39, 0.29) is 11.9 Å². The standard InChI is InChI=1S/C15H22ClN3O/c1-10(2)18-9-12-8-13(16)4-5-14(12)19-7-6-17-15(20)11(19)3/h4-5,8,10-11,18H,6-7,9H2,1-3H3,(H,17,20). The first kappa shape index (κ1) is 15.1. The van der Waals surface area contributed by atoms with Crippen LogP contribution in [-0.2, 0) is 11.3 Å². The average Bonchev–Trinajstić information content (AvgIpc) is 2.40. The van der Waals surface area contributed by atoms with E-state index in [1.54, 1.807) is 0 Å². The van der Waals surface area contributed by atoms with Gasteiger partial charge in [0.25, 0.3) is 0 Å². The first-order valence-electron chi connectivity index (χ1n) is 7.05. The fourth-order valence-corrected chi connectivity index (χ4v) is 2.60. The second-order valence-corrected chi connectivity index (χ2v) is 5.91. The maximum atomic E-state index is 11.8. The molecule has 0 aliphatic carbocycles. The number of halogens is 1. The summed E-state index contributed by atoms with van der Waals surface area (Å²) in [5.74, 6) is 0.0777. The first-order chi connectivity index (χ1) is 9.49. The number of hydrogen-bond acceptors (Lipinski definition) is 3. The summed E-state index contributed by atoms with van der Waals surface area (Å²) >= 11 is 6.11. The number of nitrogens with one attached hydrogen (secondary N) is 2. The number of anilines is 1. The molecule has 2 N–H and O–H groups in total. The molecule has 0 spiro atoms. The molecule has 20 heavy (non-hydrogen) atoms. The molecule has 1 saturated heterocycles. The lowest BCUT2D eigenvalue weighted by Crippen LogP contribution is -2.54. The van der Waals surface area contributed by atoms with E-state index in [4.69, 9.17) is 11.6 Å². The summed E-state index contributed by atoms with van der Waals surface area (Å²) in [6.07, 6.45) is 0. The molecular formula is C15H22ClN3O. The monoisotopic (exact) mass is 295 g/mol. The minimum absolute atomic E-state index is 0.0777. The third-order valence-electron chi connectivity index (χ3n) is 3.55. The second kappa shape index (κ2) is 6.46. The van der Waals surface area contributed by atoms with Gasteiger partial charge in [-0.05, 0) is 30.7 Å². The number of carbonyl (C=O) groups is 1. The smallest absolute Gasteiger partial charge is 0.242 e. The Balaban J connectivity index is 2.27. The Labute approximate surface area is 125 Å². The molecule has 1 fully saturated rings. The van der Waals surface area contributed by atoms with Crippen molar-refractivity contribution in [2.24, 2.45) is 0 Å². The molecule has 0 radical (unpaired) electrons. The minimum atomic E-state index is -0.150. The Morgan fingerprint density at radius 3 is 2.95 bits per heavy atom. The van der Waals surface area contributed by atoms with E-state index >= 15 is 0 Å². The third-order valence-corrected chi connectivity index (χ3v) is 3.79. The number of rotatable bonds is 4. The first-order valence-corrected chi connectivity index (χ1v) is 7.43. The van der Waals surface area contributed by atoms with Gasteiger partial charge in [0.1, 0.15) is 6.04 Å². The van der Waals surface area contributed by atoms with Crippen LogP contribution in [0.3, 0.4) is 0 Å². The van der Waals surface area contributed by atoms with E-state index in [1.165, 1.54) is 0 Å². The van der Waals surface area contributed by atoms with Crippen LogP contribution >= 0.6 is 11.6 Å². The number of carbonyl (C=O) groups excluding carboxylic acids is 1. The van der Waals surface area contributed by atoms with Gasteiger partial charge in [0.15, 0.2) is 0 Å². The summed E-state index contributed by atoms with van der Waals surface area (Å²) in [7, 11) is 0. The summed E-state index contributed by atoms with van der Waals surface area (Å²) in [5.41, 5.74) is 2.22. The molecule has 0 bridgehead atoms. The van der Waals surface area contributed by atoms with Crippen molar-refractivity contribution in [2.75, 3.05) is 18.0 Å². The average molecular weight is 296 g/mol. The highest BCUT2D eigenvalue weighted by molar-refractivity contribution is 6.30. The highest BCUT2D eigenvalue weighted by Gasteiger charge is 2.26. The van der Waals surface area contributed by atoms with Crippen molar-refractivity contribution in [1.82, 2.24) is 10.6 Å². The molecule has 1 amide bonds. The molecule has 2 rings (SSSR count). The zero-order chi connectivity index (χ0) is 14.7. The molecule has 1 aromatic carbocycles. The summed E-state index contributed by atoms with van der Waals surface area (Å²) in [6, 6.07) is 6.13. The lowest BCUT2D eigenvalue weighted by atomic mass is 10.1. The fourth-order valence-electron chi connectivity index (χ4n) is 2.40. The zero-order valence-electron chi connectivity index (χ0n) is 12.2. The number of piperazine rings is 1. The van der Waals surface area contributed by atoms with E-state index in [2.05, 4.69) is 29.4 Å². The molecule has 1 aliphatic heterocycles. The normalized spacial score (nSPS) is 19.4. The van der Waals surface area contributed by atoms with Crippen LogP contribution in [0.1, 0.15) is 26.3 Å². The van der Waals surface area contributed by atoms with E-state index in [9.17, 15) is 4.79 Å². The van der Waals surface area contributed by atoms with E-state index < -0.39 is 0 Å². The molecule has 1 atom stereocenters. The highest BCUT2D eigenvalue weighted by Crippen LogP contribution is 2.27. The van der Waals surface area contributed by atoms with Gasteiger partial charge in [-0.25, -0.2) is 0 Å². The Bertz CT molecular complexity index is 490. The van der Waals surface area contributed by atoms with Gasteiger partial charge in [-0.1, -0.05) is 25.4 Å². The largest absolute Gasteiger partial charge is 0.358 e. The fraction of sp³-hybridized carbons (Fsp3) is 0.533. The lowest BCUT2D eigenvalue weighted by Gasteiger charge is -2.36. The van der Waals surface area contributed by atoms with Crippen LogP contribution in [0.2, 0.25) is 5.02 Å². The summed E-state index contributed by atoms with van der Waals surface area (Å²) < 4.78 is 0. The number of amides is 1. The van der Waals surface area contributed by atoms with Crippen molar-refractivity contribution in [1.29, 1.82) is 0 Å². The van der Waals surface area contributed by atoms with Gasteiger partial charge in [-0.2, -0.15) is 0 Å². The molecule has 110 valence electrons. The predicted octanol–water partition coefficient (Wildman–Crippen LogP) is 2.16. The van der Waals surface area contributed by atoms with Gasteiger partial charge < -0.3 is 15.5 Å². The Hall–Kier alpha value is -1.26. The van der Waals surface area contributed by atoms with Gasteiger partial charge in [0.2, 0.25) is 5.91 Å². The van der Waals surface area contributed by atoms with Crippen molar-refractivity contribution in [3.63, 3.8) is 0 Å². The van der Waals surface area contributed by atoms with Crippen molar-refractivity contribution in [3.8, 4) is 0 Å². The van der Waals surface area contributed by atoms with Gasteiger partial charge in [0, 0.05) is 36.4 Å². The summed E-state index contributed by atoms with van der Waals surface area (Å²) in [5, 5.41) is 7.02. The number of benzene rings is 1. The molecule has 0 aromatic heterocycles. The Morgan fingerprint density at radius 1 is 1.50 bits per heavy atom. The molecule has 0 saturated carbocycles. The minimum Gasteiger partial charge on any atom is -0.358 e. The maximum Gasteiger partial charge on any atom is 0.242 e. The van der Waals surface area contributed by atoms with Crippen LogP contribution in [-0.4, -0.2) is 31.1 Å². The number of nitrogens with zero attached hydrogens (tertiary/aromatic N) is 1. The van der Waals surface area contributed by atoms with Gasteiger partial charge in [0.05, 0.1) is 0 Å². The summed E-state index contributed by atoms with van der Waals surface area (Å²) in [6.45, 7) is 8.41. The van der Waals surface area contributed by atoms with Crippen LogP contribution in [0, 0.1) is 0 Å². The van der Waals surface area contributed by atoms with E-state index in [0.717, 1.165) is 29.4 Å². The molecular weight excluding hydrogens is 274 g/mol. The van der Waals surface area contributed by atoms with Crippen molar-refractivity contribution >= 4 is 23.2 Å². The highest BCUT2D eigenvalue weighted by atomic mass is 35.5. The van der Waals surface area contributed by atoms with Crippen molar-refractivity contribution < 1.29 is 4.79 Å². The Morgan fingerprint density at radius 2 is 2.25 bits per heavy atom. The predicted molar refractivity (Wildman–Crippen MR) is 83.2 cm³/mol. The van der Waals surface area contributed by atoms with Crippen LogP contribution in [0.5, 0.6) is 0 Å². The van der Waals surface area contributed by atoms with Gasteiger partial charge in [-0.3, -0.25) is 4.79 Å². The molecule has 1 aromatic rings. The molecule has 5 heteroatoms. The summed E-state index contributed by atoms with van der Waals surface area (Å²) in [4.78, 5) is 14.0. The van der Waals surface area contributed by atoms with Gasteiger partial charge in [-0.15, -0.1) is 0 Å². The van der Waals surface area contributed by atoms with E-state index in [1.807, 2.05) is 25.1 Å². The second-order valence-electron chi connectivity index (χ2n) is 5.47. The SMILES string of the molecule is CC(C)NCc1cc(Cl)ccc1N1CCNC(=O)C1C. The van der Waals surface area contributed by atoms with Crippen LogP contribution in [0.4, 0.5) is 5.69 Å². The third kappa shape index (κ3) is 3.44. The van der Waals surface area contributed by atoms with Crippen LogP contribution < -0.4 is 15.5 Å². The molecule has 1 unspecified atom stereocenters. The van der Waals surface area contributed by atoms with E-state index in [0.29, 0.717) is 12.6 Å². The molecule has 4 nitrogen and oxygen atoms in total. The maximum absolute atomic E-state index is 11.8. The lowest BCUT2D eigenvalue weighted by molar-refractivity contribution is -0.122. The van der Waals surface area contributed by atoms with Crippen molar-refractivity contribution in [2.45, 2.75) is 39.4 Å². The topological polar surface area (TPSA) is 44.4 Å². The quantitative estimate of drug-likeness (QED) is 0.895. The zero-order valence-corrected chi connectivity index (χ0v) is 13.0. The Kier molecular flexibility index (Phi) is 4.89. The molecule has 1 heterocycles. The van der Waals surface area contributed by atoms with Crippen LogP contribution in [0.25, 0.3) is 0 Å². The number of hydrogen-bond donors (Lipinski definition) is 2. The van der Waals surface area contributed by atoms with Crippen molar-refractivity contribution in [3.05, 3.63) is 28.8 Å².